The Morgan fingerprint density at radius 3 is 2.61 bits per heavy atom. The summed E-state index contributed by atoms with van der Waals surface area (Å²) in [6.45, 7) is 6.35. The molecule has 1 atom stereocenters. The molecule has 1 spiro atoms. The van der Waals surface area contributed by atoms with Crippen LogP contribution in [0.5, 0.6) is 0 Å². The molecule has 0 fully saturated rings. The zero-order valence-corrected chi connectivity index (χ0v) is 21.0. The average molecular weight is 501 g/mol. The van der Waals surface area contributed by atoms with Crippen molar-refractivity contribution in [2.45, 2.75) is 45.6 Å². The minimum absolute atomic E-state index is 0.0499. The van der Waals surface area contributed by atoms with Gasteiger partial charge in [-0.25, -0.2) is 0 Å². The van der Waals surface area contributed by atoms with Gasteiger partial charge in [0.25, 0.3) is 11.8 Å². The van der Waals surface area contributed by atoms with E-state index in [0.29, 0.717) is 41.6 Å². The SMILES string of the molecule is CCCc1nnc(N2C(=O)c3oc4ccc(C)cc4c(=O)c3C23C(=O)N(CCC)c2ccccc23)s1. The van der Waals surface area contributed by atoms with Gasteiger partial charge in [-0.3, -0.25) is 19.3 Å². The van der Waals surface area contributed by atoms with E-state index in [4.69, 9.17) is 4.42 Å². The number of anilines is 2. The minimum Gasteiger partial charge on any atom is -0.450 e. The molecule has 4 aromatic rings. The summed E-state index contributed by atoms with van der Waals surface area (Å²) in [5.74, 6) is -1.04. The topological polar surface area (TPSA) is 96.6 Å². The molecule has 2 aromatic heterocycles. The molecule has 36 heavy (non-hydrogen) atoms. The van der Waals surface area contributed by atoms with Crippen LogP contribution in [0.1, 0.15) is 58.9 Å². The van der Waals surface area contributed by atoms with Crippen molar-refractivity contribution in [1.29, 1.82) is 0 Å². The van der Waals surface area contributed by atoms with E-state index in [0.717, 1.165) is 17.0 Å². The van der Waals surface area contributed by atoms with Crippen molar-refractivity contribution in [2.24, 2.45) is 0 Å². The fraction of sp³-hybridized carbons (Fsp3) is 0.296. The number of hydrogen-bond donors (Lipinski definition) is 0. The maximum absolute atomic E-state index is 14.5. The van der Waals surface area contributed by atoms with Gasteiger partial charge >= 0.3 is 0 Å². The number of carbonyl (C=O) groups is 2. The van der Waals surface area contributed by atoms with Crippen molar-refractivity contribution in [3.63, 3.8) is 0 Å². The van der Waals surface area contributed by atoms with Crippen LogP contribution in [0.4, 0.5) is 10.8 Å². The lowest BCUT2D eigenvalue weighted by Gasteiger charge is -2.32. The third-order valence-electron chi connectivity index (χ3n) is 6.84. The molecule has 9 heteroatoms. The van der Waals surface area contributed by atoms with Gasteiger partial charge in [0.1, 0.15) is 10.6 Å². The molecule has 2 aliphatic heterocycles. The molecule has 0 N–H and O–H groups in total. The normalized spacial score (nSPS) is 18.5. The van der Waals surface area contributed by atoms with Gasteiger partial charge in [0.15, 0.2) is 11.0 Å². The Balaban J connectivity index is 1.74. The summed E-state index contributed by atoms with van der Waals surface area (Å²) in [6.07, 6.45) is 2.28. The summed E-state index contributed by atoms with van der Waals surface area (Å²) in [6, 6.07) is 12.6. The van der Waals surface area contributed by atoms with Crippen LogP contribution >= 0.6 is 11.3 Å². The quantitative estimate of drug-likeness (QED) is 0.398. The molecule has 8 nitrogen and oxygen atoms in total. The Kier molecular flexibility index (Phi) is 5.08. The summed E-state index contributed by atoms with van der Waals surface area (Å²) in [4.78, 5) is 45.7. The molecule has 2 aliphatic rings. The molecule has 0 aliphatic carbocycles. The van der Waals surface area contributed by atoms with Gasteiger partial charge < -0.3 is 9.32 Å². The third-order valence-corrected chi connectivity index (χ3v) is 7.81. The second-order valence-corrected chi connectivity index (χ2v) is 10.2. The molecule has 0 radical (unpaired) electrons. The molecule has 0 saturated carbocycles. The Morgan fingerprint density at radius 2 is 1.83 bits per heavy atom. The zero-order valence-electron chi connectivity index (χ0n) is 20.2. The maximum Gasteiger partial charge on any atom is 0.297 e. The van der Waals surface area contributed by atoms with Crippen molar-refractivity contribution < 1.29 is 14.0 Å². The van der Waals surface area contributed by atoms with E-state index in [1.165, 1.54) is 16.2 Å². The van der Waals surface area contributed by atoms with Crippen LogP contribution in [0.25, 0.3) is 11.0 Å². The first kappa shape index (κ1) is 22.6. The van der Waals surface area contributed by atoms with Crippen molar-refractivity contribution in [3.8, 4) is 0 Å². The predicted octanol–water partition coefficient (Wildman–Crippen LogP) is 4.57. The van der Waals surface area contributed by atoms with Crippen LogP contribution in [0.2, 0.25) is 0 Å². The van der Waals surface area contributed by atoms with E-state index in [-0.39, 0.29) is 27.8 Å². The smallest absolute Gasteiger partial charge is 0.297 e. The van der Waals surface area contributed by atoms with Crippen LogP contribution in [0.3, 0.4) is 0 Å². The molecular formula is C27H24N4O4S. The highest BCUT2D eigenvalue weighted by Crippen LogP contribution is 2.54. The fourth-order valence-corrected chi connectivity index (χ4v) is 6.36. The van der Waals surface area contributed by atoms with Crippen molar-refractivity contribution >= 4 is 44.9 Å². The molecule has 182 valence electrons. The number of para-hydroxylation sites is 1. The summed E-state index contributed by atoms with van der Waals surface area (Å²) >= 11 is 1.26. The van der Waals surface area contributed by atoms with Crippen molar-refractivity contribution in [1.82, 2.24) is 10.2 Å². The van der Waals surface area contributed by atoms with Gasteiger partial charge in [0, 0.05) is 18.5 Å². The second-order valence-electron chi connectivity index (χ2n) is 9.19. The zero-order chi connectivity index (χ0) is 25.2. The van der Waals surface area contributed by atoms with Gasteiger partial charge in [-0.2, -0.15) is 0 Å². The van der Waals surface area contributed by atoms with Crippen molar-refractivity contribution in [3.05, 3.63) is 80.1 Å². The lowest BCUT2D eigenvalue weighted by molar-refractivity contribution is -0.121. The Bertz CT molecular complexity index is 1620. The number of carbonyl (C=O) groups excluding carboxylic acids is 2. The molecule has 2 amide bonds. The summed E-state index contributed by atoms with van der Waals surface area (Å²) in [5.41, 5.74) is 0.394. The number of hydrogen-bond acceptors (Lipinski definition) is 7. The monoisotopic (exact) mass is 500 g/mol. The Hall–Kier alpha value is -3.85. The molecule has 4 heterocycles. The predicted molar refractivity (Wildman–Crippen MR) is 138 cm³/mol. The first-order chi connectivity index (χ1) is 17.4. The average Bonchev–Trinajstić information content (AvgIpc) is 3.50. The summed E-state index contributed by atoms with van der Waals surface area (Å²) in [7, 11) is 0. The van der Waals surface area contributed by atoms with E-state index in [1.807, 2.05) is 51.1 Å². The lowest BCUT2D eigenvalue weighted by Crippen LogP contribution is -2.53. The van der Waals surface area contributed by atoms with Gasteiger partial charge in [-0.1, -0.05) is 55.0 Å². The van der Waals surface area contributed by atoms with Crippen LogP contribution < -0.4 is 15.2 Å². The Morgan fingerprint density at radius 1 is 1.03 bits per heavy atom. The van der Waals surface area contributed by atoms with E-state index < -0.39 is 11.4 Å². The minimum atomic E-state index is -1.71. The number of aryl methyl sites for hydroxylation is 2. The van der Waals surface area contributed by atoms with Gasteiger partial charge in [0.05, 0.1) is 16.6 Å². The molecule has 0 bridgehead atoms. The molecular weight excluding hydrogens is 476 g/mol. The fourth-order valence-electron chi connectivity index (χ4n) is 5.37. The number of aromatic nitrogens is 2. The highest BCUT2D eigenvalue weighted by Gasteiger charge is 2.66. The molecule has 6 rings (SSSR count). The van der Waals surface area contributed by atoms with Crippen molar-refractivity contribution in [2.75, 3.05) is 16.3 Å². The number of amides is 2. The standard InChI is InChI=1S/C27H24N4O4S/c1-4-8-20-28-29-26(36-20)31-24(33)23-21(22(32)16-14-15(3)11-12-19(16)35-23)27(31)17-9-6-7-10-18(17)30(13-5-2)25(27)34/h6-7,9-12,14H,4-5,8,13H2,1-3H3. The second kappa shape index (κ2) is 8.09. The maximum atomic E-state index is 14.5. The van der Waals surface area contributed by atoms with E-state index >= 15 is 0 Å². The number of nitrogens with zero attached hydrogens (tertiary/aromatic N) is 4. The summed E-state index contributed by atoms with van der Waals surface area (Å²) < 4.78 is 6.10. The number of fused-ring (bicyclic) bond motifs is 5. The first-order valence-corrected chi connectivity index (χ1v) is 12.9. The van der Waals surface area contributed by atoms with E-state index in [1.54, 1.807) is 17.0 Å². The van der Waals surface area contributed by atoms with E-state index in [9.17, 15) is 14.4 Å². The Labute approximate surface area is 211 Å². The first-order valence-electron chi connectivity index (χ1n) is 12.1. The van der Waals surface area contributed by atoms with Crippen LogP contribution in [-0.2, 0) is 16.8 Å². The third kappa shape index (κ3) is 2.83. The molecule has 1 unspecified atom stereocenters. The summed E-state index contributed by atoms with van der Waals surface area (Å²) in [5, 5.41) is 9.96. The van der Waals surface area contributed by atoms with Crippen LogP contribution in [0.15, 0.2) is 51.7 Å². The van der Waals surface area contributed by atoms with Gasteiger partial charge in [0.2, 0.25) is 10.9 Å². The van der Waals surface area contributed by atoms with Gasteiger partial charge in [-0.15, -0.1) is 10.2 Å². The van der Waals surface area contributed by atoms with Crippen LogP contribution in [0, 0.1) is 6.92 Å². The van der Waals surface area contributed by atoms with Crippen LogP contribution in [-0.4, -0.2) is 28.6 Å². The van der Waals surface area contributed by atoms with E-state index in [2.05, 4.69) is 10.2 Å². The largest absolute Gasteiger partial charge is 0.450 e. The molecule has 0 saturated heterocycles. The molecule has 2 aromatic carbocycles. The highest BCUT2D eigenvalue weighted by atomic mass is 32.1. The number of benzene rings is 2. The lowest BCUT2D eigenvalue weighted by atomic mass is 9.84. The number of rotatable bonds is 5. The highest BCUT2D eigenvalue weighted by molar-refractivity contribution is 7.15. The van der Waals surface area contributed by atoms with Gasteiger partial charge in [-0.05, 0) is 38.0 Å².